The topological polar surface area (TPSA) is 41.1 Å². The van der Waals surface area contributed by atoms with Gasteiger partial charge < -0.3 is 10.6 Å². The first-order valence-electron chi connectivity index (χ1n) is 12.4. The summed E-state index contributed by atoms with van der Waals surface area (Å²) in [7, 11) is 0. The lowest BCUT2D eigenvalue weighted by Gasteiger charge is -2.46. The number of carbonyl (C=O) groups is 1. The number of benzene rings is 3. The Labute approximate surface area is 224 Å². The first-order valence-corrected chi connectivity index (χ1v) is 13.2. The maximum absolute atomic E-state index is 13.0. The van der Waals surface area contributed by atoms with Crippen LogP contribution in [0.25, 0.3) is 0 Å². The van der Waals surface area contributed by atoms with Gasteiger partial charge in [-0.1, -0.05) is 47.5 Å². The second-order valence-electron chi connectivity index (χ2n) is 10.0. The van der Waals surface area contributed by atoms with Gasteiger partial charge in [-0.15, -0.1) is 0 Å². The van der Waals surface area contributed by atoms with E-state index in [0.717, 1.165) is 31.4 Å². The normalized spacial score (nSPS) is 23.9. The summed E-state index contributed by atoms with van der Waals surface area (Å²) in [6.45, 7) is 0. The highest BCUT2D eigenvalue weighted by molar-refractivity contribution is 6.30. The largest absolute Gasteiger partial charge is 0.416 e. The second-order valence-corrected chi connectivity index (χ2v) is 10.9. The second kappa shape index (κ2) is 10.6. The summed E-state index contributed by atoms with van der Waals surface area (Å²) in [6.07, 6.45) is -1.47. The van der Waals surface area contributed by atoms with Gasteiger partial charge in [-0.25, -0.2) is 0 Å². The molecule has 1 saturated carbocycles. The van der Waals surface area contributed by atoms with Crippen molar-refractivity contribution in [2.45, 2.75) is 49.9 Å². The van der Waals surface area contributed by atoms with Gasteiger partial charge in [0, 0.05) is 46.1 Å². The van der Waals surface area contributed by atoms with Gasteiger partial charge in [0.25, 0.3) is 0 Å². The van der Waals surface area contributed by atoms with Gasteiger partial charge in [-0.2, -0.15) is 13.2 Å². The predicted octanol–water partition coefficient (Wildman–Crippen LogP) is 7.93. The minimum Gasteiger partial charge on any atom is -0.381 e. The van der Waals surface area contributed by atoms with Crippen LogP contribution in [0.1, 0.15) is 48.3 Å². The molecule has 5 rings (SSSR count). The van der Waals surface area contributed by atoms with Crippen molar-refractivity contribution in [1.82, 2.24) is 5.32 Å². The van der Waals surface area contributed by atoms with E-state index < -0.39 is 11.7 Å². The molecule has 3 aromatic rings. The van der Waals surface area contributed by atoms with Crippen LogP contribution in [0.5, 0.6) is 0 Å². The molecule has 0 spiro atoms. The van der Waals surface area contributed by atoms with Crippen molar-refractivity contribution in [3.8, 4) is 0 Å². The molecule has 194 valence electrons. The van der Waals surface area contributed by atoms with Crippen LogP contribution in [0.15, 0.2) is 72.8 Å². The fourth-order valence-corrected chi connectivity index (χ4v) is 6.24. The monoisotopic (exact) mass is 546 g/mol. The van der Waals surface area contributed by atoms with Gasteiger partial charge in [0.2, 0.25) is 5.91 Å². The summed E-state index contributed by atoms with van der Waals surface area (Å²) < 4.78 is 39.0. The molecule has 4 atom stereocenters. The van der Waals surface area contributed by atoms with Crippen LogP contribution >= 0.6 is 23.2 Å². The number of piperidine rings is 1. The van der Waals surface area contributed by atoms with E-state index >= 15 is 0 Å². The van der Waals surface area contributed by atoms with Crippen LogP contribution in [-0.4, -0.2) is 18.0 Å². The molecule has 37 heavy (non-hydrogen) atoms. The summed E-state index contributed by atoms with van der Waals surface area (Å²) in [5.74, 6) is 0.534. The summed E-state index contributed by atoms with van der Waals surface area (Å²) in [5, 5.41) is 7.89. The van der Waals surface area contributed by atoms with Crippen LogP contribution < -0.4 is 10.6 Å². The Morgan fingerprint density at radius 2 is 1.41 bits per heavy atom. The van der Waals surface area contributed by atoms with Gasteiger partial charge >= 0.3 is 6.18 Å². The highest BCUT2D eigenvalue weighted by Crippen LogP contribution is 2.45. The molecule has 4 unspecified atom stereocenters. The van der Waals surface area contributed by atoms with Crippen molar-refractivity contribution in [3.05, 3.63) is 99.5 Å². The zero-order valence-corrected chi connectivity index (χ0v) is 21.5. The molecule has 0 radical (unpaired) electrons. The third-order valence-corrected chi connectivity index (χ3v) is 8.21. The number of alkyl halides is 3. The Morgan fingerprint density at radius 3 is 1.95 bits per heavy atom. The van der Waals surface area contributed by atoms with Crippen LogP contribution in [0.2, 0.25) is 10.0 Å². The average molecular weight is 547 g/mol. The van der Waals surface area contributed by atoms with Crippen molar-refractivity contribution >= 4 is 34.8 Å². The zero-order chi connectivity index (χ0) is 26.2. The van der Waals surface area contributed by atoms with Gasteiger partial charge in [-0.05, 0) is 84.8 Å². The third kappa shape index (κ3) is 5.91. The fourth-order valence-electron chi connectivity index (χ4n) is 5.99. The summed E-state index contributed by atoms with van der Waals surface area (Å²) in [6, 6.07) is 20.8. The predicted molar refractivity (Wildman–Crippen MR) is 141 cm³/mol. The number of hydrogen-bond donors (Lipinski definition) is 2. The first-order chi connectivity index (χ1) is 17.7. The molecule has 1 amide bonds. The molecule has 8 heteroatoms. The number of nitrogens with one attached hydrogen (secondary N) is 2. The van der Waals surface area contributed by atoms with Crippen LogP contribution in [-0.2, 0) is 11.0 Å². The molecular formula is C29H27Cl2F3N2O. The van der Waals surface area contributed by atoms with Crippen molar-refractivity contribution in [1.29, 1.82) is 0 Å². The van der Waals surface area contributed by atoms with Crippen molar-refractivity contribution in [2.75, 3.05) is 5.32 Å². The maximum atomic E-state index is 13.0. The van der Waals surface area contributed by atoms with Crippen molar-refractivity contribution < 1.29 is 18.0 Å². The Morgan fingerprint density at radius 1 is 0.838 bits per heavy atom. The number of halogens is 5. The number of amides is 1. The van der Waals surface area contributed by atoms with Crippen LogP contribution in [0.3, 0.4) is 0 Å². The lowest BCUT2D eigenvalue weighted by atomic mass is 9.65. The highest BCUT2D eigenvalue weighted by atomic mass is 35.5. The molecule has 1 aliphatic carbocycles. The summed E-state index contributed by atoms with van der Waals surface area (Å²) in [4.78, 5) is 12.5. The lowest BCUT2D eigenvalue weighted by molar-refractivity contribution is -0.137. The number of fused-ring (bicyclic) bond motifs is 1. The summed E-state index contributed by atoms with van der Waals surface area (Å²) >= 11 is 12.4. The fraction of sp³-hybridized carbons (Fsp3) is 0.345. The van der Waals surface area contributed by atoms with E-state index in [2.05, 4.69) is 34.9 Å². The van der Waals surface area contributed by atoms with E-state index in [1.54, 1.807) is 0 Å². The Balaban J connectivity index is 1.41. The smallest absolute Gasteiger partial charge is 0.381 e. The molecule has 2 fully saturated rings. The molecule has 1 heterocycles. The molecule has 2 N–H and O–H groups in total. The molecular weight excluding hydrogens is 520 g/mol. The minimum absolute atomic E-state index is 0.0283. The number of carbonyl (C=O) groups excluding carboxylic acids is 1. The van der Waals surface area contributed by atoms with E-state index in [1.807, 2.05) is 24.3 Å². The van der Waals surface area contributed by atoms with Gasteiger partial charge in [0.15, 0.2) is 0 Å². The average Bonchev–Trinajstić information content (AvgIpc) is 2.86. The van der Waals surface area contributed by atoms with Crippen molar-refractivity contribution in [3.63, 3.8) is 0 Å². The Hall–Kier alpha value is -2.70. The first kappa shape index (κ1) is 25.9. The zero-order valence-electron chi connectivity index (χ0n) is 19.9. The summed E-state index contributed by atoms with van der Waals surface area (Å²) in [5.41, 5.74) is 2.23. The molecule has 1 saturated heterocycles. The molecule has 1 aliphatic heterocycles. The molecule has 2 aliphatic rings. The van der Waals surface area contributed by atoms with Crippen LogP contribution in [0.4, 0.5) is 18.9 Å². The van der Waals surface area contributed by atoms with E-state index in [1.165, 1.54) is 23.3 Å². The maximum Gasteiger partial charge on any atom is 0.416 e. The van der Waals surface area contributed by atoms with Gasteiger partial charge in [-0.3, -0.25) is 4.79 Å². The van der Waals surface area contributed by atoms with Crippen LogP contribution in [0, 0.1) is 11.8 Å². The van der Waals surface area contributed by atoms with Gasteiger partial charge in [0.1, 0.15) is 0 Å². The molecule has 3 nitrogen and oxygen atoms in total. The molecule has 0 aromatic heterocycles. The number of hydrogen-bond acceptors (Lipinski definition) is 2. The third-order valence-electron chi connectivity index (χ3n) is 7.70. The molecule has 3 aromatic carbocycles. The minimum atomic E-state index is -4.39. The van der Waals surface area contributed by atoms with Crippen molar-refractivity contribution in [2.24, 2.45) is 11.8 Å². The number of anilines is 1. The van der Waals surface area contributed by atoms with E-state index in [9.17, 15) is 18.0 Å². The Kier molecular flexibility index (Phi) is 7.42. The van der Waals surface area contributed by atoms with E-state index in [4.69, 9.17) is 23.2 Å². The SMILES string of the molecule is O=C1CC(Nc2ccc(C(F)(F)F)cc2)C2CC(C(c3ccc(Cl)cc3)c3ccc(Cl)cc3)CCC2N1. The quantitative estimate of drug-likeness (QED) is 0.341. The standard InChI is InChI=1S/C29H27Cl2F3N2O/c30-21-8-1-17(2-9-21)28(18-3-10-22(31)11-4-18)19-5-14-25-24(15-19)26(16-27(37)36-25)35-23-12-6-20(7-13-23)29(32,33)34/h1-4,6-13,19,24-26,28,35H,5,14-16H2,(H,36,37). The Bertz CT molecular complexity index is 1180. The van der Waals surface area contributed by atoms with Gasteiger partial charge in [0.05, 0.1) is 5.56 Å². The number of rotatable bonds is 5. The van der Waals surface area contributed by atoms with E-state index in [-0.39, 0.29) is 36.2 Å². The molecule has 0 bridgehead atoms. The highest BCUT2D eigenvalue weighted by Gasteiger charge is 2.43. The van der Waals surface area contributed by atoms with E-state index in [0.29, 0.717) is 21.7 Å². The lowest BCUT2D eigenvalue weighted by Crippen LogP contribution is -2.56.